The van der Waals surface area contributed by atoms with Crippen LogP contribution >= 0.6 is 0 Å². The van der Waals surface area contributed by atoms with Crippen molar-refractivity contribution in [2.45, 2.75) is 0 Å². The summed E-state index contributed by atoms with van der Waals surface area (Å²) in [4.78, 5) is 6.90. The fraction of sp³-hybridized carbons (Fsp3) is 0. The van der Waals surface area contributed by atoms with Crippen molar-refractivity contribution in [1.82, 2.24) is 9.97 Å². The predicted octanol–water partition coefficient (Wildman–Crippen LogP) is -0.757. The third-order valence-corrected chi connectivity index (χ3v) is 1.72. The lowest BCUT2D eigenvalue weighted by Crippen LogP contribution is -2.29. The van der Waals surface area contributed by atoms with E-state index in [9.17, 15) is 0 Å². The number of nitrogens with zero attached hydrogens (tertiary/aromatic N) is 1. The average molecular weight is 162 g/mol. The molecule has 5 heteroatoms. The summed E-state index contributed by atoms with van der Waals surface area (Å²) in [6.45, 7) is 0. The Labute approximate surface area is 69.0 Å². The standard InChI is InChI=1S/C7H7BN2O2/c11-8(12)6-3-5-1-2-9-7(5)10-4-6/h1-4,11-12H,(H,9,10). The van der Waals surface area contributed by atoms with Crippen molar-refractivity contribution in [2.24, 2.45) is 0 Å². The summed E-state index contributed by atoms with van der Waals surface area (Å²) >= 11 is 0. The molecule has 0 saturated heterocycles. The van der Waals surface area contributed by atoms with Gasteiger partial charge in [-0.25, -0.2) is 4.98 Å². The zero-order valence-electron chi connectivity index (χ0n) is 6.23. The monoisotopic (exact) mass is 162 g/mol. The molecule has 0 spiro atoms. The summed E-state index contributed by atoms with van der Waals surface area (Å²) in [5, 5.41) is 18.5. The largest absolute Gasteiger partial charge is 0.490 e. The van der Waals surface area contributed by atoms with Crippen LogP contribution in [0.15, 0.2) is 24.5 Å². The number of hydrogen-bond donors (Lipinski definition) is 3. The van der Waals surface area contributed by atoms with Crippen molar-refractivity contribution >= 4 is 23.6 Å². The Morgan fingerprint density at radius 2 is 2.25 bits per heavy atom. The lowest BCUT2D eigenvalue weighted by Gasteiger charge is -1.96. The van der Waals surface area contributed by atoms with Crippen LogP contribution in [-0.2, 0) is 0 Å². The van der Waals surface area contributed by atoms with Gasteiger partial charge in [0.25, 0.3) is 0 Å². The van der Waals surface area contributed by atoms with Crippen molar-refractivity contribution in [2.75, 3.05) is 0 Å². The minimum absolute atomic E-state index is 0.405. The molecular weight excluding hydrogens is 155 g/mol. The van der Waals surface area contributed by atoms with Crippen LogP contribution in [0.2, 0.25) is 0 Å². The van der Waals surface area contributed by atoms with E-state index in [1.54, 1.807) is 12.3 Å². The van der Waals surface area contributed by atoms with E-state index in [2.05, 4.69) is 9.97 Å². The maximum absolute atomic E-state index is 8.83. The van der Waals surface area contributed by atoms with E-state index >= 15 is 0 Å². The maximum Gasteiger partial charge on any atom is 0.490 e. The molecule has 0 radical (unpaired) electrons. The van der Waals surface area contributed by atoms with E-state index in [4.69, 9.17) is 10.0 Å². The Morgan fingerprint density at radius 1 is 1.42 bits per heavy atom. The van der Waals surface area contributed by atoms with Gasteiger partial charge in [0.15, 0.2) is 0 Å². The lowest BCUT2D eigenvalue weighted by atomic mass is 9.81. The highest BCUT2D eigenvalue weighted by atomic mass is 16.4. The molecule has 0 atom stereocenters. The summed E-state index contributed by atoms with van der Waals surface area (Å²) in [5.74, 6) is 0. The van der Waals surface area contributed by atoms with Gasteiger partial charge in [0, 0.05) is 23.2 Å². The number of hydrogen-bond acceptors (Lipinski definition) is 3. The van der Waals surface area contributed by atoms with E-state index in [0.717, 1.165) is 11.0 Å². The van der Waals surface area contributed by atoms with Gasteiger partial charge in [0.05, 0.1) is 0 Å². The molecule has 0 unspecified atom stereocenters. The van der Waals surface area contributed by atoms with Gasteiger partial charge in [0.1, 0.15) is 5.65 Å². The van der Waals surface area contributed by atoms with E-state index in [-0.39, 0.29) is 0 Å². The molecule has 3 N–H and O–H groups in total. The highest BCUT2D eigenvalue weighted by Crippen LogP contribution is 2.05. The zero-order chi connectivity index (χ0) is 8.55. The van der Waals surface area contributed by atoms with Gasteiger partial charge in [-0.2, -0.15) is 0 Å². The van der Waals surface area contributed by atoms with Crippen LogP contribution in [0.3, 0.4) is 0 Å². The Morgan fingerprint density at radius 3 is 3.00 bits per heavy atom. The van der Waals surface area contributed by atoms with Crippen molar-refractivity contribution in [1.29, 1.82) is 0 Å². The molecule has 0 fully saturated rings. The number of nitrogens with one attached hydrogen (secondary N) is 1. The second kappa shape index (κ2) is 2.62. The molecule has 60 valence electrons. The number of aromatic amines is 1. The van der Waals surface area contributed by atoms with Gasteiger partial charge in [-0.3, -0.25) is 0 Å². The van der Waals surface area contributed by atoms with Crippen LogP contribution in [0.25, 0.3) is 11.0 Å². The first-order valence-corrected chi connectivity index (χ1v) is 3.56. The molecule has 2 rings (SSSR count). The Hall–Kier alpha value is -1.33. The van der Waals surface area contributed by atoms with Crippen LogP contribution in [0.5, 0.6) is 0 Å². The van der Waals surface area contributed by atoms with Crippen LogP contribution in [0, 0.1) is 0 Å². The molecule has 2 aromatic rings. The molecule has 0 aliphatic heterocycles. The second-order valence-electron chi connectivity index (χ2n) is 2.56. The van der Waals surface area contributed by atoms with Gasteiger partial charge >= 0.3 is 7.12 Å². The van der Waals surface area contributed by atoms with Crippen LogP contribution in [-0.4, -0.2) is 27.1 Å². The number of pyridine rings is 1. The van der Waals surface area contributed by atoms with E-state index in [0.29, 0.717) is 5.46 Å². The van der Waals surface area contributed by atoms with E-state index < -0.39 is 7.12 Å². The Kier molecular flexibility index (Phi) is 1.60. The quantitative estimate of drug-likeness (QED) is 0.483. The molecule has 4 nitrogen and oxygen atoms in total. The summed E-state index contributed by atoms with van der Waals surface area (Å²) in [7, 11) is -1.45. The third kappa shape index (κ3) is 1.09. The van der Waals surface area contributed by atoms with Crippen molar-refractivity contribution in [3.63, 3.8) is 0 Å². The summed E-state index contributed by atoms with van der Waals surface area (Å²) in [5.41, 5.74) is 1.15. The van der Waals surface area contributed by atoms with Crippen LogP contribution in [0.4, 0.5) is 0 Å². The fourth-order valence-corrected chi connectivity index (χ4v) is 1.10. The minimum atomic E-state index is -1.45. The average Bonchev–Trinajstić information content (AvgIpc) is 2.49. The van der Waals surface area contributed by atoms with Crippen molar-refractivity contribution < 1.29 is 10.0 Å². The highest BCUT2D eigenvalue weighted by molar-refractivity contribution is 6.58. The van der Waals surface area contributed by atoms with Gasteiger partial charge in [-0.15, -0.1) is 0 Å². The SMILES string of the molecule is OB(O)c1cnc2[nH]ccc2c1. The molecular formula is C7H7BN2O2. The normalized spacial score (nSPS) is 10.5. The first kappa shape index (κ1) is 7.33. The lowest BCUT2D eigenvalue weighted by molar-refractivity contribution is 0.425. The fourth-order valence-electron chi connectivity index (χ4n) is 1.10. The number of H-pyrrole nitrogens is 1. The first-order chi connectivity index (χ1) is 5.77. The van der Waals surface area contributed by atoms with E-state index in [1.165, 1.54) is 6.20 Å². The molecule has 0 bridgehead atoms. The molecule has 2 heterocycles. The number of aromatic nitrogens is 2. The van der Waals surface area contributed by atoms with E-state index in [1.807, 2.05) is 6.07 Å². The number of rotatable bonds is 1. The first-order valence-electron chi connectivity index (χ1n) is 3.56. The maximum atomic E-state index is 8.83. The molecule has 12 heavy (non-hydrogen) atoms. The van der Waals surface area contributed by atoms with Gasteiger partial charge in [-0.05, 0) is 12.1 Å². The van der Waals surface area contributed by atoms with Crippen molar-refractivity contribution in [3.05, 3.63) is 24.5 Å². The summed E-state index contributed by atoms with van der Waals surface area (Å²) < 4.78 is 0. The smallest absolute Gasteiger partial charge is 0.423 e. The Bertz CT molecular complexity index is 399. The Balaban J connectivity index is 2.60. The summed E-state index contributed by atoms with van der Waals surface area (Å²) in [6.07, 6.45) is 3.19. The second-order valence-corrected chi connectivity index (χ2v) is 2.56. The molecule has 0 aromatic carbocycles. The topological polar surface area (TPSA) is 69.1 Å². The number of fused-ring (bicyclic) bond motifs is 1. The minimum Gasteiger partial charge on any atom is -0.423 e. The molecule has 0 saturated carbocycles. The van der Waals surface area contributed by atoms with Gasteiger partial charge in [0.2, 0.25) is 0 Å². The predicted molar refractivity (Wildman–Crippen MR) is 45.9 cm³/mol. The molecule has 0 aliphatic rings. The highest BCUT2D eigenvalue weighted by Gasteiger charge is 2.11. The molecule has 2 aromatic heterocycles. The molecule has 0 aliphatic carbocycles. The van der Waals surface area contributed by atoms with Gasteiger partial charge in [-0.1, -0.05) is 0 Å². The van der Waals surface area contributed by atoms with Crippen molar-refractivity contribution in [3.8, 4) is 0 Å². The van der Waals surface area contributed by atoms with Gasteiger partial charge < -0.3 is 15.0 Å². The van der Waals surface area contributed by atoms with Crippen LogP contribution < -0.4 is 5.46 Å². The molecule has 0 amide bonds. The summed E-state index contributed by atoms with van der Waals surface area (Å²) in [6, 6.07) is 3.51. The van der Waals surface area contributed by atoms with Crippen LogP contribution in [0.1, 0.15) is 0 Å². The zero-order valence-corrected chi connectivity index (χ0v) is 6.23. The third-order valence-electron chi connectivity index (χ3n) is 1.72.